The third-order valence-electron chi connectivity index (χ3n) is 7.75. The first-order valence-electron chi connectivity index (χ1n) is 15.5. The van der Waals surface area contributed by atoms with E-state index in [0.717, 1.165) is 16.3 Å². The summed E-state index contributed by atoms with van der Waals surface area (Å²) in [6, 6.07) is 11.8. The zero-order valence-corrected chi connectivity index (χ0v) is 28.7. The van der Waals surface area contributed by atoms with E-state index in [1.54, 1.807) is 19.2 Å². The molecule has 3 aromatic rings. The number of hydrogen-bond donors (Lipinski definition) is 0. The van der Waals surface area contributed by atoms with Crippen LogP contribution in [0.5, 0.6) is 5.75 Å². The Hall–Kier alpha value is -3.29. The third-order valence-corrected chi connectivity index (χ3v) is 9.46. The van der Waals surface area contributed by atoms with Crippen molar-refractivity contribution in [2.75, 3.05) is 20.3 Å². The van der Waals surface area contributed by atoms with Crippen LogP contribution in [0.4, 0.5) is 13.2 Å². The third kappa shape index (κ3) is 9.61. The van der Waals surface area contributed by atoms with Crippen molar-refractivity contribution >= 4 is 14.0 Å². The topological polar surface area (TPSA) is 97.6 Å². The highest BCUT2D eigenvalue weighted by Gasteiger charge is 2.45. The van der Waals surface area contributed by atoms with Crippen LogP contribution in [0.25, 0.3) is 22.6 Å². The van der Waals surface area contributed by atoms with Crippen molar-refractivity contribution in [3.63, 3.8) is 0 Å². The van der Waals surface area contributed by atoms with Gasteiger partial charge in [0.1, 0.15) is 18.1 Å². The van der Waals surface area contributed by atoms with Crippen molar-refractivity contribution in [1.82, 2.24) is 19.7 Å². The Morgan fingerprint density at radius 2 is 1.67 bits per heavy atom. The van der Waals surface area contributed by atoms with Crippen molar-refractivity contribution in [3.05, 3.63) is 48.4 Å². The lowest BCUT2D eigenvalue weighted by atomic mass is 9.73. The van der Waals surface area contributed by atoms with Crippen molar-refractivity contribution in [3.8, 4) is 28.4 Å². The van der Waals surface area contributed by atoms with Gasteiger partial charge in [0, 0.05) is 39.1 Å². The van der Waals surface area contributed by atoms with Gasteiger partial charge in [0.25, 0.3) is 5.82 Å². The monoisotopic (exact) mass is 662 g/mol. The molecule has 46 heavy (non-hydrogen) atoms. The van der Waals surface area contributed by atoms with Gasteiger partial charge in [0.05, 0.1) is 23.8 Å². The van der Waals surface area contributed by atoms with Crippen LogP contribution in [-0.4, -0.2) is 65.8 Å². The van der Waals surface area contributed by atoms with Crippen LogP contribution in [0.1, 0.15) is 52.3 Å². The van der Waals surface area contributed by atoms with Crippen LogP contribution in [0, 0.1) is 5.41 Å². The Morgan fingerprint density at radius 1 is 1.02 bits per heavy atom. The predicted molar refractivity (Wildman–Crippen MR) is 171 cm³/mol. The minimum atomic E-state index is -4.68. The number of esters is 1. The molecule has 0 unspecified atom stereocenters. The van der Waals surface area contributed by atoms with Crippen molar-refractivity contribution in [2.45, 2.75) is 96.8 Å². The summed E-state index contributed by atoms with van der Waals surface area (Å²) >= 11 is 0. The minimum Gasteiger partial charge on any atom is -0.490 e. The fourth-order valence-electron chi connectivity index (χ4n) is 5.22. The first kappa shape index (κ1) is 35.6. The number of carbonyl (C=O) groups excluding carboxylic acids is 1. The molecule has 0 amide bonds. The lowest BCUT2D eigenvalue weighted by Gasteiger charge is -2.39. The fraction of sp³-hybridized carbons (Fsp3) is 0.576. The van der Waals surface area contributed by atoms with E-state index in [1.165, 1.54) is 6.20 Å². The van der Waals surface area contributed by atoms with Gasteiger partial charge in [-0.3, -0.25) is 9.78 Å². The second-order valence-corrected chi connectivity index (χ2v) is 19.7. The summed E-state index contributed by atoms with van der Waals surface area (Å²) in [7, 11) is 0.240. The summed E-state index contributed by atoms with van der Waals surface area (Å²) in [6.07, 6.45) is -0.641. The van der Waals surface area contributed by atoms with Crippen LogP contribution >= 0.6 is 0 Å². The highest BCUT2D eigenvalue weighted by atomic mass is 28.3. The second-order valence-electron chi connectivity index (χ2n) is 14.1. The molecule has 9 nitrogen and oxygen atoms in total. The SMILES string of the molecule is COCC1(C(=O)OC(C)(C)C)CCC(Oc2ccc(-c3ccc(-c4nc(C(F)(F)F)nn4COCC[Si](C)(C)C)cn3)cc2)CC1. The molecule has 1 fully saturated rings. The molecule has 0 spiro atoms. The average molecular weight is 663 g/mol. The number of benzene rings is 1. The number of hydrogen-bond acceptors (Lipinski definition) is 8. The highest BCUT2D eigenvalue weighted by molar-refractivity contribution is 6.76. The van der Waals surface area contributed by atoms with Crippen LogP contribution in [0.2, 0.25) is 25.7 Å². The number of carbonyl (C=O) groups is 1. The van der Waals surface area contributed by atoms with Gasteiger partial charge in [-0.25, -0.2) is 9.67 Å². The smallest absolute Gasteiger partial charge is 0.453 e. The van der Waals surface area contributed by atoms with Gasteiger partial charge >= 0.3 is 12.1 Å². The van der Waals surface area contributed by atoms with Crippen LogP contribution < -0.4 is 4.74 Å². The molecule has 1 saturated carbocycles. The summed E-state index contributed by atoms with van der Waals surface area (Å²) in [4.78, 5) is 21.3. The van der Waals surface area contributed by atoms with Gasteiger partial charge in [-0.15, -0.1) is 5.10 Å². The van der Waals surface area contributed by atoms with Gasteiger partial charge in [-0.05, 0) is 88.9 Å². The Labute approximate surface area is 269 Å². The molecule has 13 heteroatoms. The van der Waals surface area contributed by atoms with Crippen molar-refractivity contribution in [2.24, 2.45) is 5.41 Å². The van der Waals surface area contributed by atoms with Crippen molar-refractivity contribution in [1.29, 1.82) is 0 Å². The molecule has 0 N–H and O–H groups in total. The lowest BCUT2D eigenvalue weighted by Crippen LogP contribution is -2.45. The number of rotatable bonds is 12. The van der Waals surface area contributed by atoms with Gasteiger partial charge in [-0.2, -0.15) is 13.2 Å². The first-order chi connectivity index (χ1) is 21.5. The van der Waals surface area contributed by atoms with Crippen molar-refractivity contribution < 1.29 is 36.9 Å². The second kappa shape index (κ2) is 14.2. The molecule has 0 aliphatic heterocycles. The maximum Gasteiger partial charge on any atom is 0.453 e. The molecule has 0 atom stereocenters. The van der Waals surface area contributed by atoms with Crippen LogP contribution in [0.15, 0.2) is 42.6 Å². The summed E-state index contributed by atoms with van der Waals surface area (Å²) < 4.78 is 64.5. The zero-order valence-electron chi connectivity index (χ0n) is 27.7. The number of alkyl halides is 3. The summed E-state index contributed by atoms with van der Waals surface area (Å²) in [5, 5.41) is 3.67. The molecule has 1 aliphatic rings. The number of pyridine rings is 1. The van der Waals surface area contributed by atoms with E-state index in [9.17, 15) is 18.0 Å². The fourth-order valence-corrected chi connectivity index (χ4v) is 5.98. The van der Waals surface area contributed by atoms with E-state index in [-0.39, 0.29) is 24.6 Å². The van der Waals surface area contributed by atoms with Crippen LogP contribution in [-0.2, 0) is 31.9 Å². The number of methoxy groups -OCH3 is 1. The lowest BCUT2D eigenvalue weighted by molar-refractivity contribution is -0.175. The summed E-state index contributed by atoms with van der Waals surface area (Å²) in [5.41, 5.74) is 0.613. The number of halogens is 3. The molecular weight excluding hydrogens is 617 g/mol. The predicted octanol–water partition coefficient (Wildman–Crippen LogP) is 7.63. The molecule has 4 rings (SSSR count). The van der Waals surface area contributed by atoms with E-state index in [2.05, 4.69) is 34.7 Å². The molecule has 0 bridgehead atoms. The Balaban J connectivity index is 1.40. The maximum absolute atomic E-state index is 13.4. The zero-order chi connectivity index (χ0) is 33.8. The Bertz CT molecular complexity index is 1440. The molecule has 0 saturated heterocycles. The molecule has 1 aliphatic carbocycles. The standard InChI is InChI=1S/C33H45F3N4O5Si/c1-31(2,3)45-30(41)32(21-42-4)16-14-26(15-17-32)44-25-11-8-23(9-12-25)27-13-10-24(20-37-27)28-38-29(33(34,35)36)39-40(28)22-43-18-19-46(5,6)7/h8-13,20,26H,14-19,21-22H2,1-7H3. The average Bonchev–Trinajstić information content (AvgIpc) is 3.41. The van der Waals surface area contributed by atoms with Gasteiger partial charge in [0.15, 0.2) is 5.82 Å². The van der Waals surface area contributed by atoms with E-state index in [1.807, 2.05) is 45.0 Å². The Kier molecular flexibility index (Phi) is 11.0. The van der Waals surface area contributed by atoms with Gasteiger partial charge < -0.3 is 18.9 Å². The number of nitrogens with zero attached hydrogens (tertiary/aromatic N) is 4. The summed E-state index contributed by atoms with van der Waals surface area (Å²) in [5.74, 6) is -0.710. The summed E-state index contributed by atoms with van der Waals surface area (Å²) in [6.45, 7) is 12.8. The molecule has 2 aromatic heterocycles. The maximum atomic E-state index is 13.4. The number of aromatic nitrogens is 4. The number of ether oxygens (including phenoxy) is 4. The normalized spacial score (nSPS) is 19.2. The van der Waals surface area contributed by atoms with E-state index >= 15 is 0 Å². The first-order valence-corrected chi connectivity index (χ1v) is 19.2. The van der Waals surface area contributed by atoms with E-state index < -0.39 is 31.1 Å². The highest BCUT2D eigenvalue weighted by Crippen LogP contribution is 2.40. The van der Waals surface area contributed by atoms with E-state index in [4.69, 9.17) is 18.9 Å². The molecule has 1 aromatic carbocycles. The molecule has 252 valence electrons. The van der Waals surface area contributed by atoms with Gasteiger partial charge in [0.2, 0.25) is 0 Å². The van der Waals surface area contributed by atoms with Crippen LogP contribution in [0.3, 0.4) is 0 Å². The molecular formula is C33H45F3N4O5Si. The van der Waals surface area contributed by atoms with Gasteiger partial charge in [-0.1, -0.05) is 19.6 Å². The van der Waals surface area contributed by atoms with E-state index in [0.29, 0.717) is 55.9 Å². The minimum absolute atomic E-state index is 0.0387. The largest absolute Gasteiger partial charge is 0.490 e. The molecule has 0 radical (unpaired) electrons. The quantitative estimate of drug-likeness (QED) is 0.111. The Morgan fingerprint density at radius 3 is 2.22 bits per heavy atom. The molecule has 2 heterocycles.